The number of carbonyl (C=O) groups is 2. The summed E-state index contributed by atoms with van der Waals surface area (Å²) in [6.07, 6.45) is 3.13. The molecule has 1 aromatic rings. The average Bonchev–Trinajstić information content (AvgIpc) is 2.56. The summed E-state index contributed by atoms with van der Waals surface area (Å²) >= 11 is 0. The fourth-order valence-electron chi connectivity index (χ4n) is 4.77. The first kappa shape index (κ1) is 25.2. The zero-order valence-electron chi connectivity index (χ0n) is 19.2. The van der Waals surface area contributed by atoms with Gasteiger partial charge in [0.15, 0.2) is 0 Å². The minimum atomic E-state index is -0.711. The number of piperidine rings is 1. The number of ether oxygens (including phenoxy) is 1. The van der Waals surface area contributed by atoms with Crippen LogP contribution in [0.25, 0.3) is 0 Å². The smallest absolute Gasteiger partial charge is 0.303 e. The number of esters is 1. The second-order valence-corrected chi connectivity index (χ2v) is 9.40. The van der Waals surface area contributed by atoms with Gasteiger partial charge in [-0.2, -0.15) is 0 Å². The molecule has 0 aromatic heterocycles. The number of nitrogens with zero attached hydrogens (tertiary/aromatic N) is 1. The van der Waals surface area contributed by atoms with E-state index >= 15 is 0 Å². The van der Waals surface area contributed by atoms with Gasteiger partial charge in [-0.3, -0.25) is 14.5 Å². The van der Waals surface area contributed by atoms with Crippen molar-refractivity contribution >= 4 is 11.9 Å². The molecule has 1 fully saturated rings. The van der Waals surface area contributed by atoms with Crippen LogP contribution >= 0.6 is 0 Å². The summed E-state index contributed by atoms with van der Waals surface area (Å²) in [6.45, 7) is 15.6. The van der Waals surface area contributed by atoms with Gasteiger partial charge < -0.3 is 9.84 Å². The molecule has 1 heterocycles. The first-order chi connectivity index (χ1) is 13.4. The van der Waals surface area contributed by atoms with Gasteiger partial charge in [0, 0.05) is 31.0 Å². The highest BCUT2D eigenvalue weighted by molar-refractivity contribution is 5.66. The lowest BCUT2D eigenvalue weighted by Crippen LogP contribution is -2.61. The summed E-state index contributed by atoms with van der Waals surface area (Å²) in [5.74, 6) is -0.225. The van der Waals surface area contributed by atoms with E-state index in [2.05, 4.69) is 39.5 Å². The Morgan fingerprint density at radius 2 is 1.66 bits per heavy atom. The Morgan fingerprint density at radius 3 is 2.03 bits per heavy atom. The number of likely N-dealkylation sites (tertiary alicyclic amines) is 1. The zero-order chi connectivity index (χ0) is 22.2. The summed E-state index contributed by atoms with van der Waals surface area (Å²) in [7, 11) is 0. The number of benzene rings is 1. The summed E-state index contributed by atoms with van der Waals surface area (Å²) in [6, 6.07) is 10.1. The Balaban J connectivity index is 0.000000612. The van der Waals surface area contributed by atoms with Crippen molar-refractivity contribution in [3.63, 3.8) is 0 Å². The molecule has 0 bridgehead atoms. The van der Waals surface area contributed by atoms with Crippen molar-refractivity contribution in [2.75, 3.05) is 6.54 Å². The Morgan fingerprint density at radius 1 is 1.14 bits per heavy atom. The zero-order valence-corrected chi connectivity index (χ0v) is 19.2. The van der Waals surface area contributed by atoms with Crippen molar-refractivity contribution < 1.29 is 19.4 Å². The number of carboxylic acids is 1. The Bertz CT molecular complexity index is 636. The summed E-state index contributed by atoms with van der Waals surface area (Å²) in [4.78, 5) is 23.7. The second-order valence-electron chi connectivity index (χ2n) is 9.40. The van der Waals surface area contributed by atoms with Crippen LogP contribution in [0.1, 0.15) is 85.8 Å². The molecular weight excluding hydrogens is 366 g/mol. The number of carboxylic acid groups (broad SMARTS) is 1. The van der Waals surface area contributed by atoms with Crippen LogP contribution < -0.4 is 0 Å². The van der Waals surface area contributed by atoms with Crippen LogP contribution in [-0.4, -0.2) is 39.6 Å². The molecule has 1 aliphatic rings. The van der Waals surface area contributed by atoms with Gasteiger partial charge in [0.25, 0.3) is 0 Å². The molecule has 1 aliphatic heterocycles. The standard InChI is InChI=1S/C20H31NO2.C4H8O2/c1-15-12-19(3,4)21(20(5,6)13-15)14-18(23-16(2)22)17-10-8-7-9-11-17;1-2-3-4(5)6/h7-11,15,18H,12-14H2,1-6H3;2-3H2,1H3,(H,5,6). The van der Waals surface area contributed by atoms with Crippen molar-refractivity contribution in [3.8, 4) is 0 Å². The second kappa shape index (κ2) is 10.8. The van der Waals surface area contributed by atoms with Crippen LogP contribution in [0.5, 0.6) is 0 Å². The van der Waals surface area contributed by atoms with Gasteiger partial charge in [0.1, 0.15) is 6.10 Å². The van der Waals surface area contributed by atoms with Crippen molar-refractivity contribution in [2.24, 2.45) is 5.92 Å². The van der Waals surface area contributed by atoms with E-state index in [9.17, 15) is 9.59 Å². The quantitative estimate of drug-likeness (QED) is 0.637. The van der Waals surface area contributed by atoms with E-state index in [4.69, 9.17) is 9.84 Å². The predicted molar refractivity (Wildman–Crippen MR) is 117 cm³/mol. The molecule has 0 radical (unpaired) electrons. The minimum absolute atomic E-state index is 0.0916. The van der Waals surface area contributed by atoms with Crippen LogP contribution in [0.4, 0.5) is 0 Å². The van der Waals surface area contributed by atoms with E-state index in [0.29, 0.717) is 12.3 Å². The molecule has 1 saturated heterocycles. The van der Waals surface area contributed by atoms with Crippen LogP contribution in [0, 0.1) is 5.92 Å². The first-order valence-corrected chi connectivity index (χ1v) is 10.6. The van der Waals surface area contributed by atoms with E-state index < -0.39 is 5.97 Å². The number of hydrogen-bond acceptors (Lipinski definition) is 4. The van der Waals surface area contributed by atoms with Crippen molar-refractivity contribution in [3.05, 3.63) is 35.9 Å². The molecule has 29 heavy (non-hydrogen) atoms. The lowest BCUT2D eigenvalue weighted by molar-refractivity contribution is -0.152. The number of carbonyl (C=O) groups excluding carboxylic acids is 1. The molecule has 1 N–H and O–H groups in total. The number of hydrogen-bond donors (Lipinski definition) is 1. The number of aliphatic carboxylic acids is 1. The molecule has 0 aliphatic carbocycles. The van der Waals surface area contributed by atoms with Gasteiger partial charge in [-0.25, -0.2) is 0 Å². The van der Waals surface area contributed by atoms with Gasteiger partial charge in [-0.05, 0) is 58.4 Å². The Labute approximate surface area is 176 Å². The fraction of sp³-hybridized carbons (Fsp3) is 0.667. The molecule has 0 amide bonds. The van der Waals surface area contributed by atoms with E-state index in [1.54, 1.807) is 0 Å². The van der Waals surface area contributed by atoms with E-state index in [-0.39, 0.29) is 23.2 Å². The molecule has 2 rings (SSSR count). The lowest BCUT2D eigenvalue weighted by atomic mass is 9.74. The highest BCUT2D eigenvalue weighted by Crippen LogP contribution is 2.42. The molecular formula is C24H39NO4. The molecule has 0 saturated carbocycles. The van der Waals surface area contributed by atoms with Gasteiger partial charge in [-0.15, -0.1) is 0 Å². The summed E-state index contributed by atoms with van der Waals surface area (Å²) in [5, 5.41) is 7.91. The highest BCUT2D eigenvalue weighted by Gasteiger charge is 2.45. The van der Waals surface area contributed by atoms with Crippen LogP contribution in [0.15, 0.2) is 30.3 Å². The third-order valence-electron chi connectivity index (χ3n) is 5.45. The third kappa shape index (κ3) is 8.17. The SMILES string of the molecule is CC(=O)OC(CN1C(C)(C)CC(C)CC1(C)C)c1ccccc1.CCCC(=O)O. The largest absolute Gasteiger partial charge is 0.481 e. The molecule has 1 aromatic carbocycles. The van der Waals surface area contributed by atoms with Crippen molar-refractivity contribution in [1.29, 1.82) is 0 Å². The number of rotatable bonds is 6. The normalized spacial score (nSPS) is 19.6. The van der Waals surface area contributed by atoms with E-state index in [1.807, 2.05) is 37.3 Å². The maximum atomic E-state index is 11.6. The van der Waals surface area contributed by atoms with Crippen LogP contribution in [0.2, 0.25) is 0 Å². The maximum absolute atomic E-state index is 11.6. The monoisotopic (exact) mass is 405 g/mol. The molecule has 0 spiro atoms. The van der Waals surface area contributed by atoms with Crippen LogP contribution in [-0.2, 0) is 14.3 Å². The van der Waals surface area contributed by atoms with Gasteiger partial charge >= 0.3 is 11.9 Å². The summed E-state index contributed by atoms with van der Waals surface area (Å²) < 4.78 is 5.67. The minimum Gasteiger partial charge on any atom is -0.481 e. The summed E-state index contributed by atoms with van der Waals surface area (Å²) in [5.41, 5.74) is 1.25. The predicted octanol–water partition coefficient (Wildman–Crippen LogP) is 5.45. The Kier molecular flexibility index (Phi) is 9.34. The highest BCUT2D eigenvalue weighted by atomic mass is 16.5. The Hall–Kier alpha value is -1.88. The lowest BCUT2D eigenvalue weighted by Gasteiger charge is -2.55. The molecule has 5 heteroatoms. The van der Waals surface area contributed by atoms with Crippen molar-refractivity contribution in [2.45, 2.75) is 91.3 Å². The molecule has 5 nitrogen and oxygen atoms in total. The van der Waals surface area contributed by atoms with Crippen molar-refractivity contribution in [1.82, 2.24) is 4.90 Å². The van der Waals surface area contributed by atoms with E-state index in [1.165, 1.54) is 6.92 Å². The third-order valence-corrected chi connectivity index (χ3v) is 5.45. The molecule has 1 unspecified atom stereocenters. The topological polar surface area (TPSA) is 66.8 Å². The molecule has 164 valence electrons. The van der Waals surface area contributed by atoms with Gasteiger partial charge in [0.05, 0.1) is 0 Å². The fourth-order valence-corrected chi connectivity index (χ4v) is 4.77. The van der Waals surface area contributed by atoms with E-state index in [0.717, 1.165) is 31.4 Å². The van der Waals surface area contributed by atoms with Gasteiger partial charge in [-0.1, -0.05) is 44.2 Å². The molecule has 1 atom stereocenters. The first-order valence-electron chi connectivity index (χ1n) is 10.6. The average molecular weight is 406 g/mol. The van der Waals surface area contributed by atoms with Gasteiger partial charge in [0.2, 0.25) is 0 Å². The van der Waals surface area contributed by atoms with Crippen LogP contribution in [0.3, 0.4) is 0 Å². The maximum Gasteiger partial charge on any atom is 0.303 e.